The van der Waals surface area contributed by atoms with Crippen molar-refractivity contribution in [1.29, 1.82) is 0 Å². The number of aromatic nitrogens is 2. The molecule has 1 amide bonds. The van der Waals surface area contributed by atoms with E-state index in [9.17, 15) is 19.7 Å². The van der Waals surface area contributed by atoms with Crippen LogP contribution in [0.1, 0.15) is 22.9 Å². The lowest BCUT2D eigenvalue weighted by molar-refractivity contribution is -0.384. The van der Waals surface area contributed by atoms with Crippen molar-refractivity contribution in [1.82, 2.24) is 9.97 Å². The van der Waals surface area contributed by atoms with Gasteiger partial charge < -0.3 is 10.1 Å². The molecule has 0 aliphatic rings. The number of esters is 1. The first kappa shape index (κ1) is 23.2. The monoisotopic (exact) mass is 468 g/mol. The fraction of sp³-hybridized carbons (Fsp3) is 0.0769. The summed E-state index contributed by atoms with van der Waals surface area (Å²) < 4.78 is 5.45. The van der Waals surface area contributed by atoms with Gasteiger partial charge in [0, 0.05) is 17.7 Å². The first-order valence-corrected chi connectivity index (χ1v) is 10.6. The molecule has 0 aliphatic heterocycles. The average Bonchev–Trinajstić information content (AvgIpc) is 2.87. The number of nitro benzene ring substituents is 1. The minimum absolute atomic E-state index is 0.00422. The molecule has 9 heteroatoms. The van der Waals surface area contributed by atoms with Crippen LogP contribution in [0.25, 0.3) is 17.1 Å². The Kier molecular flexibility index (Phi) is 6.87. The number of anilines is 1. The fourth-order valence-corrected chi connectivity index (χ4v) is 3.36. The number of amides is 1. The quantitative estimate of drug-likeness (QED) is 0.179. The maximum atomic E-state index is 13.1. The van der Waals surface area contributed by atoms with E-state index in [1.54, 1.807) is 49.4 Å². The predicted molar refractivity (Wildman–Crippen MR) is 130 cm³/mol. The van der Waals surface area contributed by atoms with Crippen molar-refractivity contribution in [2.45, 2.75) is 13.0 Å². The summed E-state index contributed by atoms with van der Waals surface area (Å²) in [7, 11) is 0. The van der Waals surface area contributed by atoms with Gasteiger partial charge in [0.05, 0.1) is 27.8 Å². The van der Waals surface area contributed by atoms with E-state index in [1.165, 1.54) is 24.4 Å². The molecule has 4 rings (SSSR count). The molecule has 0 aliphatic carbocycles. The van der Waals surface area contributed by atoms with Crippen LogP contribution in [0.4, 0.5) is 11.4 Å². The highest BCUT2D eigenvalue weighted by atomic mass is 16.6. The van der Waals surface area contributed by atoms with Crippen LogP contribution >= 0.6 is 0 Å². The highest BCUT2D eigenvalue weighted by molar-refractivity contribution is 5.99. The lowest BCUT2D eigenvalue weighted by Gasteiger charge is -2.17. The Labute approximate surface area is 200 Å². The summed E-state index contributed by atoms with van der Waals surface area (Å²) in [4.78, 5) is 45.2. The lowest BCUT2D eigenvalue weighted by atomic mass is 10.1. The van der Waals surface area contributed by atoms with Crippen molar-refractivity contribution in [3.05, 3.63) is 112 Å². The number of hydrogen-bond donors (Lipinski definition) is 1. The van der Waals surface area contributed by atoms with Crippen molar-refractivity contribution < 1.29 is 19.2 Å². The van der Waals surface area contributed by atoms with Crippen LogP contribution in [0.5, 0.6) is 0 Å². The number of carbonyl (C=O) groups excluding carboxylic acids is 2. The first-order chi connectivity index (χ1) is 16.9. The van der Waals surface area contributed by atoms with Gasteiger partial charge in [-0.25, -0.2) is 9.78 Å². The number of ether oxygens (including phenoxy) is 1. The van der Waals surface area contributed by atoms with Gasteiger partial charge in [-0.3, -0.25) is 19.9 Å². The van der Waals surface area contributed by atoms with Gasteiger partial charge >= 0.3 is 5.97 Å². The standard InChI is InChI=1S/C26H20N4O5/c1-17-11-13-22(23(15-17)30(33)34)29-26(32)25(18-7-3-2-4-8-18)35-24(31)14-12-19-16-27-20-9-5-6-10-21(20)28-19/h2-16,25H,1H3,(H,29,32)/b14-12+. The molecule has 0 bridgehead atoms. The van der Waals surface area contributed by atoms with Crippen molar-refractivity contribution >= 4 is 40.4 Å². The van der Waals surface area contributed by atoms with Crippen LogP contribution in [0.15, 0.2) is 85.1 Å². The molecule has 1 atom stereocenters. The van der Waals surface area contributed by atoms with Gasteiger partial charge in [0.1, 0.15) is 5.69 Å². The van der Waals surface area contributed by atoms with E-state index in [2.05, 4.69) is 15.3 Å². The Morgan fingerprint density at radius 3 is 2.49 bits per heavy atom. The summed E-state index contributed by atoms with van der Waals surface area (Å²) in [5.74, 6) is -1.52. The zero-order valence-electron chi connectivity index (χ0n) is 18.6. The van der Waals surface area contributed by atoms with Crippen LogP contribution < -0.4 is 5.32 Å². The maximum absolute atomic E-state index is 13.1. The van der Waals surface area contributed by atoms with Gasteiger partial charge in [-0.1, -0.05) is 48.5 Å². The molecule has 174 valence electrons. The zero-order valence-corrected chi connectivity index (χ0v) is 18.6. The molecule has 4 aromatic rings. The molecular formula is C26H20N4O5. The van der Waals surface area contributed by atoms with Gasteiger partial charge in [-0.15, -0.1) is 0 Å². The molecule has 1 unspecified atom stereocenters. The number of nitrogens with zero attached hydrogens (tertiary/aromatic N) is 3. The topological polar surface area (TPSA) is 124 Å². The molecule has 0 saturated heterocycles. The third-order valence-electron chi connectivity index (χ3n) is 5.04. The Morgan fingerprint density at radius 2 is 1.74 bits per heavy atom. The lowest BCUT2D eigenvalue weighted by Crippen LogP contribution is -2.25. The first-order valence-electron chi connectivity index (χ1n) is 10.6. The molecule has 0 radical (unpaired) electrons. The number of aryl methyl sites for hydroxylation is 1. The second-order valence-electron chi connectivity index (χ2n) is 7.61. The molecule has 0 saturated carbocycles. The summed E-state index contributed by atoms with van der Waals surface area (Å²) in [5, 5.41) is 13.9. The van der Waals surface area contributed by atoms with E-state index >= 15 is 0 Å². The number of nitro groups is 1. The molecule has 3 aromatic carbocycles. The van der Waals surface area contributed by atoms with Crippen LogP contribution in [-0.4, -0.2) is 26.8 Å². The number of benzene rings is 3. The number of hydrogen-bond acceptors (Lipinski definition) is 7. The molecular weight excluding hydrogens is 448 g/mol. The van der Waals surface area contributed by atoms with Gasteiger partial charge in [0.15, 0.2) is 0 Å². The number of nitrogens with one attached hydrogen (secondary N) is 1. The predicted octanol–water partition coefficient (Wildman–Crippen LogP) is 4.78. The molecule has 0 spiro atoms. The van der Waals surface area contributed by atoms with Gasteiger partial charge in [0.2, 0.25) is 6.10 Å². The Morgan fingerprint density at radius 1 is 1.03 bits per heavy atom. The van der Waals surface area contributed by atoms with Crippen LogP contribution in [0, 0.1) is 17.0 Å². The molecule has 1 N–H and O–H groups in total. The van der Waals surface area contributed by atoms with E-state index in [0.29, 0.717) is 22.3 Å². The van der Waals surface area contributed by atoms with Gasteiger partial charge in [-0.2, -0.15) is 0 Å². The van der Waals surface area contributed by atoms with Crippen molar-refractivity contribution in [3.63, 3.8) is 0 Å². The van der Waals surface area contributed by atoms with E-state index in [-0.39, 0.29) is 11.4 Å². The number of rotatable bonds is 7. The number of carbonyl (C=O) groups is 2. The largest absolute Gasteiger partial charge is 0.444 e. The summed E-state index contributed by atoms with van der Waals surface area (Å²) in [5.41, 5.74) is 2.66. The van der Waals surface area contributed by atoms with E-state index in [0.717, 1.165) is 11.6 Å². The van der Waals surface area contributed by atoms with E-state index in [1.807, 2.05) is 18.2 Å². The second kappa shape index (κ2) is 10.3. The summed E-state index contributed by atoms with van der Waals surface area (Å²) in [6.07, 6.45) is 2.77. The molecule has 9 nitrogen and oxygen atoms in total. The normalized spacial score (nSPS) is 11.8. The highest BCUT2D eigenvalue weighted by Crippen LogP contribution is 2.28. The average molecular weight is 468 g/mol. The summed E-state index contributed by atoms with van der Waals surface area (Å²) in [6.45, 7) is 1.71. The number of para-hydroxylation sites is 2. The molecule has 1 heterocycles. The highest BCUT2D eigenvalue weighted by Gasteiger charge is 2.26. The fourth-order valence-electron chi connectivity index (χ4n) is 3.36. The minimum Gasteiger partial charge on any atom is -0.444 e. The Bertz CT molecular complexity index is 1440. The van der Waals surface area contributed by atoms with Crippen LogP contribution in [0.3, 0.4) is 0 Å². The maximum Gasteiger partial charge on any atom is 0.331 e. The Hall–Kier alpha value is -4.92. The molecule has 0 fully saturated rings. The molecule has 35 heavy (non-hydrogen) atoms. The van der Waals surface area contributed by atoms with Crippen molar-refractivity contribution in [2.24, 2.45) is 0 Å². The summed E-state index contributed by atoms with van der Waals surface area (Å²) in [6, 6.07) is 20.1. The Balaban J connectivity index is 1.55. The van der Waals surface area contributed by atoms with E-state index < -0.39 is 22.9 Å². The SMILES string of the molecule is Cc1ccc(NC(=O)C(OC(=O)/C=C/c2cnc3ccccc3n2)c2ccccc2)c([N+](=O)[O-])c1. The second-order valence-corrected chi connectivity index (χ2v) is 7.61. The zero-order chi connectivity index (χ0) is 24.8. The van der Waals surface area contributed by atoms with Gasteiger partial charge in [-0.05, 0) is 36.8 Å². The third-order valence-corrected chi connectivity index (χ3v) is 5.04. The third kappa shape index (κ3) is 5.72. The van der Waals surface area contributed by atoms with E-state index in [4.69, 9.17) is 4.74 Å². The summed E-state index contributed by atoms with van der Waals surface area (Å²) >= 11 is 0. The number of fused-ring (bicyclic) bond motifs is 1. The van der Waals surface area contributed by atoms with Crippen LogP contribution in [0.2, 0.25) is 0 Å². The molecule has 1 aromatic heterocycles. The van der Waals surface area contributed by atoms with Crippen molar-refractivity contribution in [3.8, 4) is 0 Å². The van der Waals surface area contributed by atoms with Crippen molar-refractivity contribution in [2.75, 3.05) is 5.32 Å². The minimum atomic E-state index is -1.34. The van der Waals surface area contributed by atoms with Crippen LogP contribution in [-0.2, 0) is 14.3 Å². The van der Waals surface area contributed by atoms with Gasteiger partial charge in [0.25, 0.3) is 11.6 Å². The smallest absolute Gasteiger partial charge is 0.331 e.